The minimum Gasteiger partial charge on any atom is -0.494 e. The molecule has 0 bridgehead atoms. The molecule has 112 valence electrons. The van der Waals surface area contributed by atoms with Gasteiger partial charge in [0.2, 0.25) is 5.95 Å². The van der Waals surface area contributed by atoms with Crippen LogP contribution in [-0.2, 0) is 0 Å². The number of hydrogen-bond donors (Lipinski definition) is 2. The number of nitrogens with two attached hydrogens (primary N) is 1. The van der Waals surface area contributed by atoms with E-state index >= 15 is 0 Å². The van der Waals surface area contributed by atoms with Gasteiger partial charge in [0.1, 0.15) is 0 Å². The van der Waals surface area contributed by atoms with E-state index in [4.69, 9.17) is 10.5 Å². The van der Waals surface area contributed by atoms with Crippen molar-refractivity contribution in [1.82, 2.24) is 14.6 Å². The number of ether oxygens (including phenoxy) is 1. The molecular formula is C14H11FN4O3. The number of fused-ring (bicyclic) bond motifs is 1. The van der Waals surface area contributed by atoms with E-state index in [1.54, 1.807) is 12.1 Å². The monoisotopic (exact) mass is 302 g/mol. The van der Waals surface area contributed by atoms with Gasteiger partial charge in [0.05, 0.1) is 7.11 Å². The third-order valence-corrected chi connectivity index (χ3v) is 3.18. The van der Waals surface area contributed by atoms with Crippen LogP contribution in [0.5, 0.6) is 5.75 Å². The molecule has 2 heterocycles. The van der Waals surface area contributed by atoms with E-state index in [1.165, 1.54) is 25.3 Å². The molecule has 0 spiro atoms. The number of nitrogens with zero attached hydrogens (tertiary/aromatic N) is 3. The summed E-state index contributed by atoms with van der Waals surface area (Å²) in [6.45, 7) is 0. The first-order valence-corrected chi connectivity index (χ1v) is 6.23. The van der Waals surface area contributed by atoms with Crippen molar-refractivity contribution in [3.8, 4) is 16.9 Å². The largest absolute Gasteiger partial charge is 0.494 e. The van der Waals surface area contributed by atoms with Crippen molar-refractivity contribution in [2.75, 3.05) is 12.8 Å². The number of nitrogen functional groups attached to an aromatic ring is 1. The van der Waals surface area contributed by atoms with Crippen LogP contribution in [0.2, 0.25) is 0 Å². The third-order valence-electron chi connectivity index (χ3n) is 3.18. The summed E-state index contributed by atoms with van der Waals surface area (Å²) in [4.78, 5) is 15.5. The van der Waals surface area contributed by atoms with Gasteiger partial charge in [-0.1, -0.05) is 6.07 Å². The molecule has 0 radical (unpaired) electrons. The molecule has 22 heavy (non-hydrogen) atoms. The maximum Gasteiger partial charge on any atom is 0.355 e. The van der Waals surface area contributed by atoms with Crippen molar-refractivity contribution >= 4 is 17.6 Å². The van der Waals surface area contributed by atoms with Crippen LogP contribution in [0.15, 0.2) is 30.3 Å². The number of rotatable bonds is 3. The van der Waals surface area contributed by atoms with Gasteiger partial charge in [0.25, 0.3) is 0 Å². The lowest BCUT2D eigenvalue weighted by atomic mass is 10.0. The Kier molecular flexibility index (Phi) is 3.13. The third kappa shape index (κ3) is 2.10. The van der Waals surface area contributed by atoms with Gasteiger partial charge in [0, 0.05) is 5.56 Å². The van der Waals surface area contributed by atoms with Crippen molar-refractivity contribution in [1.29, 1.82) is 0 Å². The maximum absolute atomic E-state index is 13.9. The number of halogens is 1. The molecule has 0 aliphatic carbocycles. The fourth-order valence-electron chi connectivity index (χ4n) is 2.24. The molecule has 8 heteroatoms. The Bertz CT molecular complexity index is 891. The van der Waals surface area contributed by atoms with E-state index in [-0.39, 0.29) is 17.4 Å². The van der Waals surface area contributed by atoms with Crippen LogP contribution in [0, 0.1) is 5.82 Å². The topological polar surface area (TPSA) is 103 Å². The normalized spacial score (nSPS) is 10.8. The highest BCUT2D eigenvalue weighted by Gasteiger charge is 2.19. The lowest BCUT2D eigenvalue weighted by Gasteiger charge is -2.09. The van der Waals surface area contributed by atoms with Crippen LogP contribution in [0.1, 0.15) is 10.5 Å². The van der Waals surface area contributed by atoms with Crippen LogP contribution in [-0.4, -0.2) is 32.8 Å². The highest BCUT2D eigenvalue weighted by atomic mass is 19.1. The molecule has 0 unspecified atom stereocenters. The van der Waals surface area contributed by atoms with Crippen molar-refractivity contribution in [2.45, 2.75) is 0 Å². The summed E-state index contributed by atoms with van der Waals surface area (Å²) >= 11 is 0. The summed E-state index contributed by atoms with van der Waals surface area (Å²) in [6, 6.07) is 7.29. The average Bonchev–Trinajstić information content (AvgIpc) is 2.85. The second-order valence-electron chi connectivity index (χ2n) is 4.49. The van der Waals surface area contributed by atoms with Crippen molar-refractivity contribution in [3.05, 3.63) is 41.8 Å². The van der Waals surface area contributed by atoms with E-state index in [0.29, 0.717) is 16.8 Å². The predicted octanol–water partition coefficient (Wildman–Crippen LogP) is 1.82. The van der Waals surface area contributed by atoms with Gasteiger partial charge < -0.3 is 15.6 Å². The number of carboxylic acid groups (broad SMARTS) is 1. The molecule has 0 amide bonds. The number of anilines is 1. The summed E-state index contributed by atoms with van der Waals surface area (Å²) in [5, 5.41) is 13.3. The lowest BCUT2D eigenvalue weighted by Crippen LogP contribution is -2.09. The quantitative estimate of drug-likeness (QED) is 0.765. The van der Waals surface area contributed by atoms with Crippen LogP contribution in [0.25, 0.3) is 16.8 Å². The Morgan fingerprint density at radius 3 is 2.77 bits per heavy atom. The number of carboxylic acids is 1. The number of aromatic nitrogens is 3. The zero-order chi connectivity index (χ0) is 15.9. The maximum atomic E-state index is 13.9. The van der Waals surface area contributed by atoms with E-state index in [2.05, 4.69) is 10.1 Å². The molecule has 3 rings (SSSR count). The summed E-state index contributed by atoms with van der Waals surface area (Å²) in [6.07, 6.45) is 0. The van der Waals surface area contributed by atoms with Crippen molar-refractivity contribution < 1.29 is 19.0 Å². The molecule has 7 nitrogen and oxygen atoms in total. The van der Waals surface area contributed by atoms with Gasteiger partial charge in [-0.15, -0.1) is 5.10 Å². The molecule has 3 N–H and O–H groups in total. The number of carbonyl (C=O) groups is 1. The number of methoxy groups -OCH3 is 1. The molecular weight excluding hydrogens is 291 g/mol. The fourth-order valence-corrected chi connectivity index (χ4v) is 2.24. The SMILES string of the molecule is COc1ccc(-c2ccc3nc(N)nn3c2C(=O)O)cc1F. The minimum atomic E-state index is -1.22. The van der Waals surface area contributed by atoms with Crippen molar-refractivity contribution in [3.63, 3.8) is 0 Å². The van der Waals surface area contributed by atoms with Gasteiger partial charge in [-0.05, 0) is 29.8 Å². The van der Waals surface area contributed by atoms with Crippen LogP contribution in [0.4, 0.5) is 10.3 Å². The lowest BCUT2D eigenvalue weighted by molar-refractivity contribution is 0.0688. The molecule has 0 saturated heterocycles. The van der Waals surface area contributed by atoms with Crippen LogP contribution in [0.3, 0.4) is 0 Å². The summed E-state index contributed by atoms with van der Waals surface area (Å²) < 4.78 is 19.8. The first kappa shape index (κ1) is 13.8. The highest BCUT2D eigenvalue weighted by molar-refractivity contribution is 5.95. The van der Waals surface area contributed by atoms with Gasteiger partial charge in [-0.2, -0.15) is 4.98 Å². The molecule has 0 aliphatic heterocycles. The average molecular weight is 302 g/mol. The Labute approximate surface area is 123 Å². The molecule has 0 aliphatic rings. The van der Waals surface area contributed by atoms with Crippen molar-refractivity contribution in [2.24, 2.45) is 0 Å². The Balaban J connectivity index is 2.28. The molecule has 1 aromatic carbocycles. The van der Waals surface area contributed by atoms with Crippen LogP contribution >= 0.6 is 0 Å². The van der Waals surface area contributed by atoms with Gasteiger partial charge >= 0.3 is 5.97 Å². The van der Waals surface area contributed by atoms with Gasteiger partial charge in [0.15, 0.2) is 22.9 Å². The van der Waals surface area contributed by atoms with E-state index in [1.807, 2.05) is 0 Å². The number of pyridine rings is 1. The summed E-state index contributed by atoms with van der Waals surface area (Å²) in [5.74, 6) is -1.77. The Morgan fingerprint density at radius 2 is 2.14 bits per heavy atom. The first-order chi connectivity index (χ1) is 10.5. The standard InChI is InChI=1S/C14H11FN4O3/c1-22-10-4-2-7(6-9(10)15)8-3-5-11-17-14(16)18-19(11)12(8)13(20)21/h2-6H,1H3,(H2,16,18)(H,20,21). The number of hydrogen-bond acceptors (Lipinski definition) is 5. The minimum absolute atomic E-state index is 0.0411. The van der Waals surface area contributed by atoms with Gasteiger partial charge in [-0.25, -0.2) is 13.7 Å². The Hall–Kier alpha value is -3.16. The Morgan fingerprint density at radius 1 is 1.36 bits per heavy atom. The zero-order valence-corrected chi connectivity index (χ0v) is 11.4. The summed E-state index contributed by atoms with van der Waals surface area (Å²) in [7, 11) is 1.35. The molecule has 0 fully saturated rings. The first-order valence-electron chi connectivity index (χ1n) is 6.23. The van der Waals surface area contributed by atoms with Crippen LogP contribution < -0.4 is 10.5 Å². The highest BCUT2D eigenvalue weighted by Crippen LogP contribution is 2.28. The predicted molar refractivity (Wildman–Crippen MR) is 76.3 cm³/mol. The molecule has 2 aromatic heterocycles. The van der Waals surface area contributed by atoms with E-state index < -0.39 is 11.8 Å². The fraction of sp³-hybridized carbons (Fsp3) is 0.0714. The zero-order valence-electron chi connectivity index (χ0n) is 11.4. The molecule has 0 atom stereocenters. The molecule has 0 saturated carbocycles. The summed E-state index contributed by atoms with van der Waals surface area (Å²) in [5.41, 5.74) is 6.33. The molecule has 3 aromatic rings. The van der Waals surface area contributed by atoms with E-state index in [9.17, 15) is 14.3 Å². The number of aromatic carboxylic acids is 1. The number of benzene rings is 1. The second kappa shape index (κ2) is 4.99. The van der Waals surface area contributed by atoms with Gasteiger partial charge in [-0.3, -0.25) is 0 Å². The smallest absolute Gasteiger partial charge is 0.355 e. The second-order valence-corrected chi connectivity index (χ2v) is 4.49. The van der Waals surface area contributed by atoms with E-state index in [0.717, 1.165) is 4.52 Å².